The first kappa shape index (κ1) is 16.0. The number of hydrogen-bond acceptors (Lipinski definition) is 4. The molecule has 5 heteroatoms. The predicted molar refractivity (Wildman–Crippen MR) is 102 cm³/mol. The van der Waals surface area contributed by atoms with Gasteiger partial charge in [-0.2, -0.15) is 0 Å². The van der Waals surface area contributed by atoms with Gasteiger partial charge in [-0.25, -0.2) is 0 Å². The van der Waals surface area contributed by atoms with Gasteiger partial charge in [0, 0.05) is 61.9 Å². The summed E-state index contributed by atoms with van der Waals surface area (Å²) in [6.07, 6.45) is 3.96. The normalized spacial score (nSPS) is 16.7. The Balaban J connectivity index is 1.37. The van der Waals surface area contributed by atoms with Gasteiger partial charge < -0.3 is 0 Å². The summed E-state index contributed by atoms with van der Waals surface area (Å²) in [5, 5.41) is 2.55. The summed E-state index contributed by atoms with van der Waals surface area (Å²) in [5.74, 6) is 0. The molecule has 1 aromatic carbocycles. The molecule has 0 saturated carbocycles. The number of benzene rings is 1. The van der Waals surface area contributed by atoms with Crippen molar-refractivity contribution in [1.29, 1.82) is 0 Å². The molecule has 24 heavy (non-hydrogen) atoms. The Labute approximate surface area is 151 Å². The number of rotatable bonds is 4. The molecular weight excluding hydrogens is 338 g/mol. The molecule has 1 saturated heterocycles. The maximum absolute atomic E-state index is 6.03. The van der Waals surface area contributed by atoms with Gasteiger partial charge in [-0.05, 0) is 23.1 Å². The second-order valence-corrected chi connectivity index (χ2v) is 8.08. The van der Waals surface area contributed by atoms with Crippen molar-refractivity contribution in [2.24, 2.45) is 0 Å². The smallest absolute Gasteiger partial charge is 0.0931 e. The van der Waals surface area contributed by atoms with Gasteiger partial charge in [0.25, 0.3) is 0 Å². The van der Waals surface area contributed by atoms with Crippen LogP contribution in [-0.4, -0.2) is 41.0 Å². The molecule has 0 atom stereocenters. The molecule has 3 nitrogen and oxygen atoms in total. The molecular formula is C19H20ClN3S. The van der Waals surface area contributed by atoms with E-state index in [2.05, 4.69) is 45.1 Å². The van der Waals surface area contributed by atoms with Crippen LogP contribution in [0.15, 0.2) is 48.8 Å². The fourth-order valence-electron chi connectivity index (χ4n) is 3.31. The molecule has 0 amide bonds. The Morgan fingerprint density at radius 2 is 1.67 bits per heavy atom. The van der Waals surface area contributed by atoms with Gasteiger partial charge in [0.1, 0.15) is 0 Å². The molecule has 4 rings (SSSR count). The highest BCUT2D eigenvalue weighted by atomic mass is 35.5. The third-order valence-electron chi connectivity index (χ3n) is 4.62. The fourth-order valence-corrected chi connectivity index (χ4v) is 4.44. The zero-order valence-electron chi connectivity index (χ0n) is 13.5. The largest absolute Gasteiger partial charge is 0.296 e. The topological polar surface area (TPSA) is 19.4 Å². The van der Waals surface area contributed by atoms with E-state index in [9.17, 15) is 0 Å². The molecule has 124 valence electrons. The molecule has 0 N–H and O–H groups in total. The lowest BCUT2D eigenvalue weighted by atomic mass is 10.1. The number of thiophene rings is 1. The van der Waals surface area contributed by atoms with E-state index in [1.54, 1.807) is 11.3 Å². The summed E-state index contributed by atoms with van der Waals surface area (Å²) in [7, 11) is 0. The number of hydrogen-bond donors (Lipinski definition) is 0. The third-order valence-corrected chi connectivity index (χ3v) is 5.83. The van der Waals surface area contributed by atoms with Crippen molar-refractivity contribution in [2.45, 2.75) is 13.1 Å². The van der Waals surface area contributed by atoms with Crippen molar-refractivity contribution in [3.8, 4) is 0 Å². The van der Waals surface area contributed by atoms with Crippen molar-refractivity contribution < 1.29 is 0 Å². The van der Waals surface area contributed by atoms with Crippen molar-refractivity contribution in [2.75, 3.05) is 26.2 Å². The first-order valence-corrected chi connectivity index (χ1v) is 9.48. The summed E-state index contributed by atoms with van der Waals surface area (Å²) < 4.78 is 0.882. The minimum absolute atomic E-state index is 0.882. The van der Waals surface area contributed by atoms with Crippen molar-refractivity contribution in [3.63, 3.8) is 0 Å². The lowest BCUT2D eigenvalue weighted by Gasteiger charge is -2.34. The Morgan fingerprint density at radius 3 is 2.42 bits per heavy atom. The van der Waals surface area contributed by atoms with Crippen molar-refractivity contribution in [1.82, 2.24) is 14.8 Å². The molecule has 0 spiro atoms. The van der Waals surface area contributed by atoms with Crippen molar-refractivity contribution in [3.05, 3.63) is 63.6 Å². The molecule has 0 aliphatic carbocycles. The average Bonchev–Trinajstić information content (AvgIpc) is 3.02. The van der Waals surface area contributed by atoms with Gasteiger partial charge in [-0.1, -0.05) is 35.9 Å². The third kappa shape index (κ3) is 3.62. The van der Waals surface area contributed by atoms with Crippen LogP contribution in [0.1, 0.15) is 10.4 Å². The van der Waals surface area contributed by atoms with Crippen LogP contribution in [0.2, 0.25) is 4.34 Å². The van der Waals surface area contributed by atoms with Crippen LogP contribution >= 0.6 is 22.9 Å². The number of halogens is 1. The second-order valence-electron chi connectivity index (χ2n) is 6.28. The van der Waals surface area contributed by atoms with Crippen LogP contribution in [0.5, 0.6) is 0 Å². The van der Waals surface area contributed by atoms with Crippen LogP contribution in [0.4, 0.5) is 0 Å². The lowest BCUT2D eigenvalue weighted by molar-refractivity contribution is 0.123. The number of fused-ring (bicyclic) bond motifs is 1. The first-order valence-electron chi connectivity index (χ1n) is 8.28. The SMILES string of the molecule is Clc1ccc(CN2CCN(Cc3cncc4ccccc34)CC2)s1. The van der Waals surface area contributed by atoms with E-state index in [0.29, 0.717) is 0 Å². The molecule has 1 aliphatic heterocycles. The highest BCUT2D eigenvalue weighted by Crippen LogP contribution is 2.24. The molecule has 1 fully saturated rings. The lowest BCUT2D eigenvalue weighted by Crippen LogP contribution is -2.45. The molecule has 0 unspecified atom stereocenters. The Bertz CT molecular complexity index is 819. The predicted octanol–water partition coefficient (Wildman–Crippen LogP) is 4.27. The van der Waals surface area contributed by atoms with Crippen LogP contribution in [0, 0.1) is 0 Å². The Kier molecular flexibility index (Phi) is 4.81. The zero-order valence-corrected chi connectivity index (χ0v) is 15.1. The van der Waals surface area contributed by atoms with E-state index < -0.39 is 0 Å². The molecule has 3 heterocycles. The monoisotopic (exact) mass is 357 g/mol. The standard InChI is InChI=1S/C19H20ClN3S/c20-19-6-5-17(24-19)14-23-9-7-22(8-10-23)13-16-12-21-11-15-3-1-2-4-18(15)16/h1-6,11-12H,7-10,13-14H2. The zero-order chi connectivity index (χ0) is 16.4. The molecule has 1 aliphatic rings. The maximum Gasteiger partial charge on any atom is 0.0931 e. The highest BCUT2D eigenvalue weighted by molar-refractivity contribution is 7.16. The molecule has 2 aromatic heterocycles. The fraction of sp³-hybridized carbons (Fsp3) is 0.316. The van der Waals surface area contributed by atoms with Crippen LogP contribution in [0.25, 0.3) is 10.8 Å². The summed E-state index contributed by atoms with van der Waals surface area (Å²) in [4.78, 5) is 10.8. The molecule has 0 radical (unpaired) electrons. The van der Waals surface area contributed by atoms with E-state index >= 15 is 0 Å². The van der Waals surface area contributed by atoms with Gasteiger partial charge in [-0.15, -0.1) is 11.3 Å². The minimum Gasteiger partial charge on any atom is -0.296 e. The van der Waals surface area contributed by atoms with E-state index in [-0.39, 0.29) is 0 Å². The number of aromatic nitrogens is 1. The number of nitrogens with zero attached hydrogens (tertiary/aromatic N) is 3. The van der Waals surface area contributed by atoms with Crippen LogP contribution in [0.3, 0.4) is 0 Å². The Hall–Kier alpha value is -1.46. The molecule has 0 bridgehead atoms. The van der Waals surface area contributed by atoms with Crippen LogP contribution in [-0.2, 0) is 13.1 Å². The molecule has 3 aromatic rings. The quantitative estimate of drug-likeness (QED) is 0.695. The summed E-state index contributed by atoms with van der Waals surface area (Å²) in [6, 6.07) is 12.6. The van der Waals surface area contributed by atoms with Gasteiger partial charge in [0.05, 0.1) is 4.34 Å². The van der Waals surface area contributed by atoms with E-state index in [0.717, 1.165) is 43.6 Å². The van der Waals surface area contributed by atoms with Gasteiger partial charge in [-0.3, -0.25) is 14.8 Å². The second kappa shape index (κ2) is 7.19. The van der Waals surface area contributed by atoms with E-state index in [1.807, 2.05) is 18.5 Å². The first-order chi connectivity index (χ1) is 11.8. The van der Waals surface area contributed by atoms with E-state index in [4.69, 9.17) is 11.6 Å². The number of piperazine rings is 1. The summed E-state index contributed by atoms with van der Waals surface area (Å²) >= 11 is 7.71. The average molecular weight is 358 g/mol. The highest BCUT2D eigenvalue weighted by Gasteiger charge is 2.18. The summed E-state index contributed by atoms with van der Waals surface area (Å²) in [5.41, 5.74) is 1.33. The van der Waals surface area contributed by atoms with Gasteiger partial charge in [0.15, 0.2) is 0 Å². The minimum atomic E-state index is 0.882. The maximum atomic E-state index is 6.03. The van der Waals surface area contributed by atoms with E-state index in [1.165, 1.54) is 21.2 Å². The number of pyridine rings is 1. The van der Waals surface area contributed by atoms with Crippen LogP contribution < -0.4 is 0 Å². The Morgan fingerprint density at radius 1 is 0.917 bits per heavy atom. The van der Waals surface area contributed by atoms with Gasteiger partial charge >= 0.3 is 0 Å². The van der Waals surface area contributed by atoms with Crippen molar-refractivity contribution >= 4 is 33.7 Å². The summed E-state index contributed by atoms with van der Waals surface area (Å²) in [6.45, 7) is 6.40. The van der Waals surface area contributed by atoms with Gasteiger partial charge in [0.2, 0.25) is 0 Å².